The average molecular weight is 501 g/mol. The summed E-state index contributed by atoms with van der Waals surface area (Å²) >= 11 is 0. The van der Waals surface area contributed by atoms with Crippen LogP contribution in [-0.2, 0) is 39.8 Å². The fourth-order valence-corrected chi connectivity index (χ4v) is 4.95. The van der Waals surface area contributed by atoms with Gasteiger partial charge >= 0.3 is 5.97 Å². The maximum absolute atomic E-state index is 12.1. The highest BCUT2D eigenvalue weighted by molar-refractivity contribution is 6.76. The number of carbonyl (C=O) groups excluding carboxylic acids is 1. The fourth-order valence-electron chi connectivity index (χ4n) is 4.21. The lowest BCUT2D eigenvalue weighted by Gasteiger charge is -2.48. The van der Waals surface area contributed by atoms with Crippen LogP contribution in [0.25, 0.3) is 0 Å². The second kappa shape index (κ2) is 11.8. The van der Waals surface area contributed by atoms with Crippen LogP contribution in [0.3, 0.4) is 0 Å². The minimum absolute atomic E-state index is 0.316. The third-order valence-electron chi connectivity index (χ3n) is 6.08. The smallest absolute Gasteiger partial charge is 0.303 e. The summed E-state index contributed by atoms with van der Waals surface area (Å²) in [5.74, 6) is -0.421. The second-order valence-corrected chi connectivity index (χ2v) is 15.9. The van der Waals surface area contributed by atoms with E-state index in [1.807, 2.05) is 60.7 Å². The Hall–Kier alpha value is -2.07. The number of rotatable bonds is 9. The van der Waals surface area contributed by atoms with Gasteiger partial charge in [-0.3, -0.25) is 4.79 Å². The summed E-state index contributed by atoms with van der Waals surface area (Å²) in [5.41, 5.74) is 1.92. The number of esters is 1. The Morgan fingerprint density at radius 1 is 0.943 bits per heavy atom. The number of hydrogen-bond donors (Lipinski definition) is 0. The van der Waals surface area contributed by atoms with Crippen LogP contribution in [-0.4, -0.2) is 58.0 Å². The van der Waals surface area contributed by atoms with Crippen LogP contribution in [0.2, 0.25) is 25.7 Å². The van der Waals surface area contributed by atoms with Crippen molar-refractivity contribution in [3.63, 3.8) is 0 Å². The summed E-state index contributed by atoms with van der Waals surface area (Å²) < 4.78 is 37.0. The molecule has 7 nitrogen and oxygen atoms in total. The van der Waals surface area contributed by atoms with Crippen LogP contribution >= 0.6 is 0 Å². The van der Waals surface area contributed by atoms with Crippen molar-refractivity contribution in [1.29, 1.82) is 0 Å². The van der Waals surface area contributed by atoms with Crippen LogP contribution in [0.5, 0.6) is 0 Å². The van der Waals surface area contributed by atoms with Crippen molar-refractivity contribution in [1.82, 2.24) is 0 Å². The third-order valence-corrected chi connectivity index (χ3v) is 7.78. The molecule has 190 valence electrons. The Bertz CT molecular complexity index is 934. The molecule has 0 aliphatic carbocycles. The summed E-state index contributed by atoms with van der Waals surface area (Å²) in [6.45, 7) is 9.43. The molecule has 0 bridgehead atoms. The number of ether oxygens (including phenoxy) is 6. The molecule has 2 heterocycles. The molecule has 0 unspecified atom stereocenters. The predicted molar refractivity (Wildman–Crippen MR) is 133 cm³/mol. The van der Waals surface area contributed by atoms with E-state index in [9.17, 15) is 4.79 Å². The maximum atomic E-state index is 12.1. The van der Waals surface area contributed by atoms with Gasteiger partial charge in [0.15, 0.2) is 18.7 Å². The Morgan fingerprint density at radius 2 is 1.63 bits per heavy atom. The van der Waals surface area contributed by atoms with Crippen molar-refractivity contribution in [2.45, 2.75) is 76.2 Å². The Balaban J connectivity index is 1.57. The molecule has 0 N–H and O–H groups in total. The first-order valence-corrected chi connectivity index (χ1v) is 15.9. The van der Waals surface area contributed by atoms with Crippen LogP contribution < -0.4 is 0 Å². The van der Waals surface area contributed by atoms with Gasteiger partial charge in [-0.05, 0) is 11.6 Å². The minimum Gasteiger partial charge on any atom is -0.454 e. The van der Waals surface area contributed by atoms with Crippen molar-refractivity contribution < 1.29 is 33.2 Å². The minimum atomic E-state index is -1.32. The monoisotopic (exact) mass is 500 g/mol. The normalized spacial score (nSPS) is 28.8. The van der Waals surface area contributed by atoms with E-state index in [0.717, 1.165) is 17.2 Å². The first kappa shape index (κ1) is 26.0. The van der Waals surface area contributed by atoms with Gasteiger partial charge in [0, 0.05) is 27.2 Å². The molecule has 8 heteroatoms. The molecule has 2 saturated heterocycles. The highest BCUT2D eigenvalue weighted by Crippen LogP contribution is 2.37. The van der Waals surface area contributed by atoms with Gasteiger partial charge in [0.05, 0.1) is 13.2 Å². The van der Waals surface area contributed by atoms with Crippen LogP contribution in [0.15, 0.2) is 60.7 Å². The van der Waals surface area contributed by atoms with Crippen LogP contribution in [0.4, 0.5) is 0 Å². The second-order valence-electron chi connectivity index (χ2n) is 10.2. The van der Waals surface area contributed by atoms with Gasteiger partial charge in [-0.2, -0.15) is 0 Å². The number of fused-ring (bicyclic) bond motifs is 1. The Kier molecular flexibility index (Phi) is 8.75. The van der Waals surface area contributed by atoms with E-state index in [4.69, 9.17) is 28.4 Å². The van der Waals surface area contributed by atoms with Crippen molar-refractivity contribution in [3.05, 3.63) is 71.8 Å². The molecule has 0 radical (unpaired) electrons. The van der Waals surface area contributed by atoms with Crippen molar-refractivity contribution in [3.8, 4) is 0 Å². The van der Waals surface area contributed by atoms with E-state index in [2.05, 4.69) is 19.6 Å². The van der Waals surface area contributed by atoms with E-state index in [1.54, 1.807) is 0 Å². The summed E-state index contributed by atoms with van der Waals surface area (Å²) in [6, 6.07) is 20.6. The van der Waals surface area contributed by atoms with Gasteiger partial charge in [0.2, 0.25) is 0 Å². The van der Waals surface area contributed by atoms with Gasteiger partial charge in [-0.1, -0.05) is 80.3 Å². The highest BCUT2D eigenvalue weighted by atomic mass is 28.3. The molecule has 2 aromatic carbocycles. The van der Waals surface area contributed by atoms with E-state index < -0.39 is 51.0 Å². The predicted octanol–water partition coefficient (Wildman–Crippen LogP) is 4.70. The molecule has 0 aromatic heterocycles. The van der Waals surface area contributed by atoms with E-state index >= 15 is 0 Å². The van der Waals surface area contributed by atoms with Gasteiger partial charge in [-0.15, -0.1) is 0 Å². The molecule has 2 fully saturated rings. The lowest BCUT2D eigenvalue weighted by Crippen LogP contribution is -2.64. The molecule has 2 aromatic rings. The van der Waals surface area contributed by atoms with Crippen molar-refractivity contribution >= 4 is 14.0 Å². The molecule has 0 amide bonds. The molecule has 35 heavy (non-hydrogen) atoms. The summed E-state index contributed by atoms with van der Waals surface area (Å²) in [6.07, 6.45) is -3.61. The average Bonchev–Trinajstić information content (AvgIpc) is 2.83. The quantitative estimate of drug-likeness (QED) is 0.365. The van der Waals surface area contributed by atoms with Gasteiger partial charge in [-0.25, -0.2) is 0 Å². The molecule has 4 rings (SSSR count). The topological polar surface area (TPSA) is 72.5 Å². The Labute approximate surface area is 208 Å². The van der Waals surface area contributed by atoms with Gasteiger partial charge in [0.25, 0.3) is 0 Å². The Morgan fingerprint density at radius 3 is 2.29 bits per heavy atom. The summed E-state index contributed by atoms with van der Waals surface area (Å²) in [4.78, 5) is 12.1. The molecular formula is C27H36O7Si. The van der Waals surface area contributed by atoms with Gasteiger partial charge in [0.1, 0.15) is 18.3 Å². The molecule has 0 spiro atoms. The maximum Gasteiger partial charge on any atom is 0.303 e. The fraction of sp³-hybridized carbons (Fsp3) is 0.519. The van der Waals surface area contributed by atoms with Gasteiger partial charge < -0.3 is 28.4 Å². The molecule has 2 aliphatic heterocycles. The zero-order valence-corrected chi connectivity index (χ0v) is 21.9. The van der Waals surface area contributed by atoms with Crippen LogP contribution in [0.1, 0.15) is 24.3 Å². The van der Waals surface area contributed by atoms with E-state index in [1.165, 1.54) is 6.92 Å². The van der Waals surface area contributed by atoms with Crippen molar-refractivity contribution in [2.24, 2.45) is 0 Å². The molecule has 6 atom stereocenters. The largest absolute Gasteiger partial charge is 0.454 e. The number of carbonyl (C=O) groups is 1. The first-order valence-electron chi connectivity index (χ1n) is 12.2. The van der Waals surface area contributed by atoms with Crippen molar-refractivity contribution in [2.75, 3.05) is 13.2 Å². The number of hydrogen-bond acceptors (Lipinski definition) is 7. The zero-order valence-electron chi connectivity index (χ0n) is 20.9. The number of benzene rings is 2. The molecule has 2 aliphatic rings. The lowest BCUT2D eigenvalue weighted by atomic mass is 9.97. The lowest BCUT2D eigenvalue weighted by molar-refractivity contribution is -0.366. The highest BCUT2D eigenvalue weighted by Gasteiger charge is 2.52. The standard InChI is InChI=1S/C27H36O7Si/c1-19(28)32-25-24(30-17-20-11-7-5-8-12-20)23-22(33-27(25)29-15-16-35(2,3)4)18-31-26(34-23)21-13-9-6-10-14-21/h5-14,22-27H,15-18H2,1-4H3/t22-,23+,24+,25-,26+,27-/m1/s1. The van der Waals surface area contributed by atoms with Crippen LogP contribution in [0, 0.1) is 0 Å². The SMILES string of the molecule is CC(=O)O[C@H]1[C@H](OCC[Si](C)(C)C)O[C@@H]2CO[C@H](c3ccccc3)O[C@@H]2[C@@H]1OCc1ccccc1. The zero-order chi connectivity index (χ0) is 24.8. The molecule has 0 saturated carbocycles. The third kappa shape index (κ3) is 7.22. The van der Waals surface area contributed by atoms with E-state index in [0.29, 0.717) is 19.8 Å². The first-order chi connectivity index (χ1) is 16.8. The molecular weight excluding hydrogens is 464 g/mol. The van der Waals surface area contributed by atoms with E-state index in [-0.39, 0.29) is 0 Å². The summed E-state index contributed by atoms with van der Waals surface area (Å²) in [7, 11) is -1.32. The summed E-state index contributed by atoms with van der Waals surface area (Å²) in [5, 5.41) is 0.